The van der Waals surface area contributed by atoms with Crippen molar-refractivity contribution in [2.45, 2.75) is 24.2 Å². The molecule has 0 aliphatic carbocycles. The van der Waals surface area contributed by atoms with Crippen LogP contribution in [-0.4, -0.2) is 73.6 Å². The number of nitrogens with zero attached hydrogens (tertiary/aromatic N) is 6. The third kappa shape index (κ3) is 4.05. The number of nitrogens with one attached hydrogen (secondary N) is 2. The van der Waals surface area contributed by atoms with Gasteiger partial charge in [0.1, 0.15) is 13.1 Å². The molecular formula is C13H16N8O4S2. The van der Waals surface area contributed by atoms with Gasteiger partial charge in [0.05, 0.1) is 0 Å². The average Bonchev–Trinajstić information content (AvgIpc) is 3.13. The molecule has 144 valence electrons. The predicted molar refractivity (Wildman–Crippen MR) is 95.6 cm³/mol. The maximum Gasteiger partial charge on any atom is 0.335 e. The first-order chi connectivity index (χ1) is 12.9. The topological polar surface area (TPSA) is 141 Å². The lowest BCUT2D eigenvalue weighted by Crippen LogP contribution is -2.28. The lowest BCUT2D eigenvalue weighted by atomic mass is 10.5. The SMILES string of the molecule is CCN(CC)c1nc(SN2C(=O)CNC2=O)nc(SN2C(=O)CNC2=O)n1. The summed E-state index contributed by atoms with van der Waals surface area (Å²) < 4.78 is 1.84. The van der Waals surface area contributed by atoms with Crippen LogP contribution in [0, 0.1) is 0 Å². The van der Waals surface area contributed by atoms with Gasteiger partial charge in [-0.2, -0.15) is 23.6 Å². The van der Waals surface area contributed by atoms with Crippen LogP contribution < -0.4 is 15.5 Å². The smallest absolute Gasteiger partial charge is 0.335 e. The molecule has 12 nitrogen and oxygen atoms in total. The molecule has 14 heteroatoms. The minimum absolute atomic E-state index is 0.0934. The molecule has 0 bridgehead atoms. The summed E-state index contributed by atoms with van der Waals surface area (Å²) in [4.78, 5) is 61.7. The highest BCUT2D eigenvalue weighted by Gasteiger charge is 2.33. The molecule has 2 saturated heterocycles. The molecule has 0 spiro atoms. The summed E-state index contributed by atoms with van der Waals surface area (Å²) >= 11 is 1.52. The van der Waals surface area contributed by atoms with E-state index >= 15 is 0 Å². The minimum Gasteiger partial charge on any atom is -0.341 e. The molecule has 0 radical (unpaired) electrons. The number of carbonyl (C=O) groups is 4. The van der Waals surface area contributed by atoms with Gasteiger partial charge in [-0.3, -0.25) is 9.59 Å². The molecule has 2 aliphatic rings. The second-order valence-corrected chi connectivity index (χ2v) is 7.07. The van der Waals surface area contributed by atoms with Crippen molar-refractivity contribution in [1.29, 1.82) is 0 Å². The van der Waals surface area contributed by atoms with Crippen molar-refractivity contribution in [3.8, 4) is 0 Å². The molecule has 3 heterocycles. The van der Waals surface area contributed by atoms with Crippen LogP contribution in [-0.2, 0) is 9.59 Å². The minimum atomic E-state index is -0.557. The van der Waals surface area contributed by atoms with Crippen molar-refractivity contribution in [2.75, 3.05) is 31.1 Å². The highest BCUT2D eigenvalue weighted by molar-refractivity contribution is 7.98. The first kappa shape index (κ1) is 19.2. The van der Waals surface area contributed by atoms with Crippen LogP contribution in [0.2, 0.25) is 0 Å². The fraction of sp³-hybridized carbons (Fsp3) is 0.462. The molecule has 0 saturated carbocycles. The molecule has 27 heavy (non-hydrogen) atoms. The Bertz CT molecular complexity index is 714. The molecule has 3 rings (SSSR count). The maximum atomic E-state index is 11.8. The summed E-state index contributed by atoms with van der Waals surface area (Å²) in [7, 11) is 0. The zero-order valence-corrected chi connectivity index (χ0v) is 16.1. The predicted octanol–water partition coefficient (Wildman–Crippen LogP) is -0.164. The standard InChI is InChI=1S/C13H16N8O4S2/c1-3-19(4-2)9-16-10(26-20-7(22)5-14-12(20)24)18-11(17-9)27-21-8(23)6-15-13(21)25/h3-6H2,1-2H3,(H,14,24)(H,15,25). The lowest BCUT2D eigenvalue weighted by molar-refractivity contribution is -0.122. The van der Waals surface area contributed by atoms with Gasteiger partial charge in [-0.25, -0.2) is 9.59 Å². The number of urea groups is 2. The van der Waals surface area contributed by atoms with Crippen LogP contribution in [0.25, 0.3) is 0 Å². The quantitative estimate of drug-likeness (QED) is 0.458. The Morgan fingerprint density at radius 3 is 1.63 bits per heavy atom. The summed E-state index contributed by atoms with van der Waals surface area (Å²) in [5.74, 6) is -0.518. The third-order valence-electron chi connectivity index (χ3n) is 3.58. The molecule has 1 aromatic rings. The Morgan fingerprint density at radius 2 is 1.30 bits per heavy atom. The first-order valence-corrected chi connectivity index (χ1v) is 9.56. The van der Waals surface area contributed by atoms with Crippen LogP contribution in [0.15, 0.2) is 10.3 Å². The first-order valence-electron chi connectivity index (χ1n) is 8.01. The van der Waals surface area contributed by atoms with E-state index in [0.717, 1.165) is 32.5 Å². The Hall–Kier alpha value is -2.61. The van der Waals surface area contributed by atoms with Crippen molar-refractivity contribution in [3.63, 3.8) is 0 Å². The van der Waals surface area contributed by atoms with Crippen molar-refractivity contribution >= 4 is 53.7 Å². The molecule has 0 unspecified atom stereocenters. The molecular weight excluding hydrogens is 396 g/mol. The second kappa shape index (κ2) is 7.96. The van der Waals surface area contributed by atoms with E-state index in [1.54, 1.807) is 0 Å². The Balaban J connectivity index is 1.91. The van der Waals surface area contributed by atoms with Crippen LogP contribution in [0.5, 0.6) is 0 Å². The molecule has 0 atom stereocenters. The van der Waals surface area contributed by atoms with Crippen LogP contribution in [0.4, 0.5) is 15.5 Å². The molecule has 0 aromatic carbocycles. The van der Waals surface area contributed by atoms with Gasteiger partial charge in [0, 0.05) is 37.0 Å². The van der Waals surface area contributed by atoms with Gasteiger partial charge in [0.2, 0.25) is 16.3 Å². The number of hydrogen-bond acceptors (Lipinski definition) is 10. The van der Waals surface area contributed by atoms with Crippen molar-refractivity contribution < 1.29 is 19.2 Å². The molecule has 2 fully saturated rings. The number of anilines is 1. The van der Waals surface area contributed by atoms with E-state index in [4.69, 9.17) is 0 Å². The van der Waals surface area contributed by atoms with E-state index in [0.29, 0.717) is 19.0 Å². The van der Waals surface area contributed by atoms with Gasteiger partial charge in [0.25, 0.3) is 11.8 Å². The highest BCUT2D eigenvalue weighted by Crippen LogP contribution is 2.28. The average molecular weight is 412 g/mol. The number of amides is 6. The fourth-order valence-electron chi connectivity index (χ4n) is 2.22. The Labute approximate surface area is 162 Å². The summed E-state index contributed by atoms with van der Waals surface area (Å²) in [5.41, 5.74) is 0. The number of rotatable bonds is 7. The van der Waals surface area contributed by atoms with Gasteiger partial charge in [0.15, 0.2) is 0 Å². The Morgan fingerprint density at radius 1 is 0.852 bits per heavy atom. The van der Waals surface area contributed by atoms with E-state index < -0.39 is 23.9 Å². The van der Waals surface area contributed by atoms with Crippen LogP contribution >= 0.6 is 23.9 Å². The van der Waals surface area contributed by atoms with Crippen molar-refractivity contribution in [2.24, 2.45) is 0 Å². The van der Waals surface area contributed by atoms with Crippen molar-refractivity contribution in [1.82, 2.24) is 34.2 Å². The Kier molecular flexibility index (Phi) is 5.65. The largest absolute Gasteiger partial charge is 0.341 e. The summed E-state index contributed by atoms with van der Waals surface area (Å²) in [6.07, 6.45) is 0. The zero-order chi connectivity index (χ0) is 19.6. The molecule has 1 aromatic heterocycles. The summed E-state index contributed by atoms with van der Waals surface area (Å²) in [5, 5.41) is 5.02. The van der Waals surface area contributed by atoms with E-state index in [1.165, 1.54) is 0 Å². The number of imide groups is 2. The van der Waals surface area contributed by atoms with Crippen LogP contribution in [0.3, 0.4) is 0 Å². The number of carbonyl (C=O) groups excluding carboxylic acids is 4. The van der Waals surface area contributed by atoms with Gasteiger partial charge in [-0.15, -0.1) is 0 Å². The maximum absolute atomic E-state index is 11.8. The third-order valence-corrected chi connectivity index (χ3v) is 5.37. The molecule has 6 amide bonds. The van der Waals surface area contributed by atoms with E-state index in [9.17, 15) is 19.2 Å². The number of hydrogen-bond donors (Lipinski definition) is 2. The normalized spacial score (nSPS) is 16.8. The monoisotopic (exact) mass is 412 g/mol. The zero-order valence-electron chi connectivity index (χ0n) is 14.5. The van der Waals surface area contributed by atoms with E-state index in [2.05, 4.69) is 25.6 Å². The summed E-state index contributed by atoms with van der Waals surface area (Å²) in [6, 6.07) is -1.11. The van der Waals surface area contributed by atoms with Gasteiger partial charge >= 0.3 is 12.1 Å². The molecule has 2 N–H and O–H groups in total. The molecule has 2 aliphatic heterocycles. The number of aromatic nitrogens is 3. The van der Waals surface area contributed by atoms with E-state index in [-0.39, 0.29) is 23.4 Å². The lowest BCUT2D eigenvalue weighted by Gasteiger charge is -2.20. The van der Waals surface area contributed by atoms with Gasteiger partial charge < -0.3 is 15.5 Å². The highest BCUT2D eigenvalue weighted by atomic mass is 32.2. The van der Waals surface area contributed by atoms with Crippen molar-refractivity contribution in [3.05, 3.63) is 0 Å². The van der Waals surface area contributed by atoms with Gasteiger partial charge in [-0.1, -0.05) is 0 Å². The fourth-order valence-corrected chi connectivity index (χ4v) is 3.73. The second-order valence-electron chi connectivity index (χ2n) is 5.25. The van der Waals surface area contributed by atoms with Crippen LogP contribution in [0.1, 0.15) is 13.8 Å². The summed E-state index contributed by atoms with van der Waals surface area (Å²) in [6.45, 7) is 4.87. The van der Waals surface area contributed by atoms with E-state index in [1.807, 2.05) is 18.7 Å². The van der Waals surface area contributed by atoms with Gasteiger partial charge in [-0.05, 0) is 13.8 Å².